The summed E-state index contributed by atoms with van der Waals surface area (Å²) in [7, 11) is 0. The zero-order valence-electron chi connectivity index (χ0n) is 13.2. The van der Waals surface area contributed by atoms with E-state index in [0.29, 0.717) is 17.3 Å². The number of hydrazine groups is 1. The molecule has 4 N–H and O–H groups in total. The highest BCUT2D eigenvalue weighted by molar-refractivity contribution is 6.30. The SMILES string of the molecule is CC(C)Oc1ccc(N(N)C(=N)NCc2ccc(Cl)cc2)cc1. The van der Waals surface area contributed by atoms with E-state index in [1.807, 2.05) is 62.4 Å². The van der Waals surface area contributed by atoms with E-state index in [1.54, 1.807) is 0 Å². The average Bonchev–Trinajstić information content (AvgIpc) is 2.53. The van der Waals surface area contributed by atoms with Gasteiger partial charge in [-0.2, -0.15) is 0 Å². The molecular weight excluding hydrogens is 312 g/mol. The summed E-state index contributed by atoms with van der Waals surface area (Å²) in [5, 5.41) is 13.0. The third-order valence-corrected chi connectivity index (χ3v) is 3.35. The van der Waals surface area contributed by atoms with Crippen LogP contribution in [0.25, 0.3) is 0 Å². The molecule has 0 aromatic heterocycles. The molecule has 0 unspecified atom stereocenters. The molecule has 23 heavy (non-hydrogen) atoms. The van der Waals surface area contributed by atoms with Crippen molar-refractivity contribution in [3.63, 3.8) is 0 Å². The summed E-state index contributed by atoms with van der Waals surface area (Å²) in [5.41, 5.74) is 1.72. The van der Waals surface area contributed by atoms with Gasteiger partial charge in [-0.05, 0) is 55.8 Å². The van der Waals surface area contributed by atoms with E-state index in [2.05, 4.69) is 5.32 Å². The van der Waals surface area contributed by atoms with Gasteiger partial charge in [-0.25, -0.2) is 10.9 Å². The number of nitrogens with zero attached hydrogens (tertiary/aromatic N) is 1. The molecule has 6 heteroatoms. The summed E-state index contributed by atoms with van der Waals surface area (Å²) in [5.74, 6) is 6.85. The molecule has 5 nitrogen and oxygen atoms in total. The molecule has 0 saturated carbocycles. The Morgan fingerprint density at radius 1 is 1.17 bits per heavy atom. The highest BCUT2D eigenvalue weighted by Crippen LogP contribution is 2.18. The Balaban J connectivity index is 1.92. The van der Waals surface area contributed by atoms with Crippen LogP contribution in [0.15, 0.2) is 48.5 Å². The molecule has 2 rings (SSSR count). The molecule has 0 saturated heterocycles. The van der Waals surface area contributed by atoms with Gasteiger partial charge in [0.2, 0.25) is 5.96 Å². The molecule has 122 valence electrons. The van der Waals surface area contributed by atoms with E-state index in [0.717, 1.165) is 11.3 Å². The van der Waals surface area contributed by atoms with Crippen LogP contribution >= 0.6 is 11.6 Å². The quantitative estimate of drug-likeness (QED) is 0.339. The molecule has 2 aromatic rings. The van der Waals surface area contributed by atoms with Crippen LogP contribution in [0.2, 0.25) is 5.02 Å². The number of nitrogens with two attached hydrogens (primary N) is 1. The van der Waals surface area contributed by atoms with Crippen LogP contribution in [-0.4, -0.2) is 12.1 Å². The van der Waals surface area contributed by atoms with Crippen LogP contribution in [-0.2, 0) is 6.54 Å². The van der Waals surface area contributed by atoms with Crippen molar-refractivity contribution in [1.82, 2.24) is 5.32 Å². The van der Waals surface area contributed by atoms with Gasteiger partial charge in [0.25, 0.3) is 0 Å². The van der Waals surface area contributed by atoms with E-state index < -0.39 is 0 Å². The fraction of sp³-hybridized carbons (Fsp3) is 0.235. The summed E-state index contributed by atoms with van der Waals surface area (Å²) >= 11 is 5.85. The minimum absolute atomic E-state index is 0.109. The van der Waals surface area contributed by atoms with Crippen molar-refractivity contribution < 1.29 is 4.74 Å². The van der Waals surface area contributed by atoms with Crippen molar-refractivity contribution in [3.8, 4) is 5.75 Å². The van der Waals surface area contributed by atoms with E-state index >= 15 is 0 Å². The summed E-state index contributed by atoms with van der Waals surface area (Å²) in [6.45, 7) is 4.44. The third kappa shape index (κ3) is 5.16. The Bertz CT molecular complexity index is 641. The number of anilines is 1. The lowest BCUT2D eigenvalue weighted by atomic mass is 10.2. The third-order valence-electron chi connectivity index (χ3n) is 3.10. The van der Waals surface area contributed by atoms with E-state index in [-0.39, 0.29) is 12.1 Å². The smallest absolute Gasteiger partial charge is 0.210 e. The van der Waals surface area contributed by atoms with Crippen LogP contribution in [0.1, 0.15) is 19.4 Å². The van der Waals surface area contributed by atoms with Gasteiger partial charge in [0, 0.05) is 11.6 Å². The summed E-state index contributed by atoms with van der Waals surface area (Å²) in [6.07, 6.45) is 0.120. The van der Waals surface area contributed by atoms with E-state index in [4.69, 9.17) is 27.6 Å². The zero-order chi connectivity index (χ0) is 16.8. The number of hydrogen-bond donors (Lipinski definition) is 3. The van der Waals surface area contributed by atoms with Gasteiger partial charge in [0.05, 0.1) is 11.8 Å². The highest BCUT2D eigenvalue weighted by atomic mass is 35.5. The lowest BCUT2D eigenvalue weighted by Gasteiger charge is -2.21. The van der Waals surface area contributed by atoms with Crippen LogP contribution < -0.4 is 20.9 Å². The van der Waals surface area contributed by atoms with Crippen LogP contribution in [0.5, 0.6) is 5.75 Å². The minimum atomic E-state index is 0.109. The predicted octanol–water partition coefficient (Wildman–Crippen LogP) is 3.53. The van der Waals surface area contributed by atoms with Gasteiger partial charge in [-0.1, -0.05) is 23.7 Å². The molecule has 0 amide bonds. The maximum absolute atomic E-state index is 8.02. The predicted molar refractivity (Wildman–Crippen MR) is 94.9 cm³/mol. The van der Waals surface area contributed by atoms with Gasteiger partial charge in [0.15, 0.2) is 0 Å². The largest absolute Gasteiger partial charge is 0.491 e. The van der Waals surface area contributed by atoms with Gasteiger partial charge in [-0.15, -0.1) is 0 Å². The average molecular weight is 333 g/mol. The molecule has 0 atom stereocenters. The van der Waals surface area contributed by atoms with Crippen molar-refractivity contribution in [2.45, 2.75) is 26.5 Å². The first-order chi connectivity index (χ1) is 11.0. The van der Waals surface area contributed by atoms with Gasteiger partial charge in [0.1, 0.15) is 5.75 Å². The second kappa shape index (κ2) is 7.85. The molecule has 0 aliphatic heterocycles. The standard InChI is InChI=1S/C17H21ClN4O/c1-12(2)23-16-9-7-15(8-10-16)22(20)17(19)21-11-13-3-5-14(18)6-4-13/h3-10,12H,11,20H2,1-2H3,(H2,19,21). The molecule has 0 bridgehead atoms. The van der Waals surface area contributed by atoms with Gasteiger partial charge in [-0.3, -0.25) is 5.41 Å². The molecule has 0 fully saturated rings. The maximum atomic E-state index is 8.02. The highest BCUT2D eigenvalue weighted by Gasteiger charge is 2.08. The molecule has 0 heterocycles. The first kappa shape index (κ1) is 17.1. The number of rotatable bonds is 5. The van der Waals surface area contributed by atoms with E-state index in [1.165, 1.54) is 5.01 Å². The lowest BCUT2D eigenvalue weighted by Crippen LogP contribution is -2.45. The van der Waals surface area contributed by atoms with Crippen molar-refractivity contribution in [3.05, 3.63) is 59.1 Å². The molecule has 0 spiro atoms. The van der Waals surface area contributed by atoms with Crippen molar-refractivity contribution in [1.29, 1.82) is 5.41 Å². The van der Waals surface area contributed by atoms with Crippen LogP contribution in [0, 0.1) is 5.41 Å². The Labute approximate surface area is 141 Å². The fourth-order valence-electron chi connectivity index (χ4n) is 1.96. The number of hydrogen-bond acceptors (Lipinski definition) is 3. The second-order valence-electron chi connectivity index (χ2n) is 5.36. The first-order valence-corrected chi connectivity index (χ1v) is 7.72. The zero-order valence-corrected chi connectivity index (χ0v) is 14.0. The maximum Gasteiger partial charge on any atom is 0.210 e. The van der Waals surface area contributed by atoms with Gasteiger partial charge < -0.3 is 10.1 Å². The summed E-state index contributed by atoms with van der Waals surface area (Å²) < 4.78 is 5.58. The van der Waals surface area contributed by atoms with Crippen LogP contribution in [0.3, 0.4) is 0 Å². The Hall–Kier alpha value is -2.24. The monoisotopic (exact) mass is 332 g/mol. The number of ether oxygens (including phenoxy) is 1. The minimum Gasteiger partial charge on any atom is -0.491 e. The number of benzene rings is 2. The summed E-state index contributed by atoms with van der Waals surface area (Å²) in [4.78, 5) is 0. The fourth-order valence-corrected chi connectivity index (χ4v) is 2.09. The molecule has 2 aromatic carbocycles. The summed E-state index contributed by atoms with van der Waals surface area (Å²) in [6, 6.07) is 14.7. The Kier molecular flexibility index (Phi) is 5.84. The second-order valence-corrected chi connectivity index (χ2v) is 5.80. The first-order valence-electron chi connectivity index (χ1n) is 7.34. The Morgan fingerprint density at radius 3 is 2.35 bits per heavy atom. The normalized spacial score (nSPS) is 10.5. The topological polar surface area (TPSA) is 74.4 Å². The van der Waals surface area contributed by atoms with Crippen LogP contribution in [0.4, 0.5) is 5.69 Å². The number of halogens is 1. The molecule has 0 aliphatic carbocycles. The molecule has 0 radical (unpaired) electrons. The molecule has 0 aliphatic rings. The van der Waals surface area contributed by atoms with Crippen molar-refractivity contribution >= 4 is 23.2 Å². The Morgan fingerprint density at radius 2 is 1.78 bits per heavy atom. The van der Waals surface area contributed by atoms with Crippen molar-refractivity contribution in [2.75, 3.05) is 5.01 Å². The van der Waals surface area contributed by atoms with E-state index in [9.17, 15) is 0 Å². The molecular formula is C17H21ClN4O. The van der Waals surface area contributed by atoms with Gasteiger partial charge >= 0.3 is 0 Å². The number of nitrogens with one attached hydrogen (secondary N) is 2. The number of guanidine groups is 1. The van der Waals surface area contributed by atoms with Crippen molar-refractivity contribution in [2.24, 2.45) is 5.84 Å². The lowest BCUT2D eigenvalue weighted by molar-refractivity contribution is 0.242.